The van der Waals surface area contributed by atoms with Gasteiger partial charge in [-0.15, -0.1) is 0 Å². The molecular formula is C22H24N6O2. The smallest absolute Gasteiger partial charge is 0.292 e. The standard InChI is InChI=1S/C22H24N6O2/c1-13-6-5-8-28-16(13)10-15(26-28)19-18-14(24-12-25-18)7-9-27(19)20(29)17-11-23-21(30-17)22(2,3)4/h5-6,8,10-12,19H,7,9H2,1-4H3,(H,24,25)/t19-/m1/s1. The van der Waals surface area contributed by atoms with E-state index in [1.807, 2.05) is 56.6 Å². The number of hydrogen-bond acceptors (Lipinski definition) is 5. The first-order chi connectivity index (χ1) is 14.3. The Morgan fingerprint density at radius 2 is 2.13 bits per heavy atom. The number of aromatic nitrogens is 5. The van der Waals surface area contributed by atoms with Crippen LogP contribution in [-0.4, -0.2) is 41.9 Å². The van der Waals surface area contributed by atoms with Gasteiger partial charge in [0.25, 0.3) is 5.91 Å². The highest BCUT2D eigenvalue weighted by molar-refractivity contribution is 5.92. The maximum atomic E-state index is 13.5. The molecule has 5 heterocycles. The van der Waals surface area contributed by atoms with Crippen LogP contribution in [0.5, 0.6) is 0 Å². The number of hydrogen-bond donors (Lipinski definition) is 1. The van der Waals surface area contributed by atoms with Gasteiger partial charge in [-0.05, 0) is 24.6 Å². The fraction of sp³-hybridized carbons (Fsp3) is 0.364. The Morgan fingerprint density at radius 1 is 1.30 bits per heavy atom. The van der Waals surface area contributed by atoms with Crippen LogP contribution in [0.25, 0.3) is 5.52 Å². The Labute approximate surface area is 173 Å². The molecule has 8 nitrogen and oxygen atoms in total. The SMILES string of the molecule is Cc1cccn2nc([C@@H]3c4nc[nH]c4CCN3C(=O)c3cnc(C(C)(C)C)o3)cc12. The van der Waals surface area contributed by atoms with Crippen LogP contribution < -0.4 is 0 Å². The summed E-state index contributed by atoms with van der Waals surface area (Å²) in [6.07, 6.45) is 5.81. The first-order valence-corrected chi connectivity index (χ1v) is 10.1. The van der Waals surface area contributed by atoms with Crippen LogP contribution in [0.15, 0.2) is 41.3 Å². The summed E-state index contributed by atoms with van der Waals surface area (Å²) >= 11 is 0. The summed E-state index contributed by atoms with van der Waals surface area (Å²) in [6.45, 7) is 8.60. The third kappa shape index (κ3) is 2.91. The van der Waals surface area contributed by atoms with Crippen molar-refractivity contribution < 1.29 is 9.21 Å². The Balaban J connectivity index is 1.59. The average Bonchev–Trinajstić information content (AvgIpc) is 3.44. The van der Waals surface area contributed by atoms with Crippen molar-refractivity contribution in [3.05, 3.63) is 71.2 Å². The van der Waals surface area contributed by atoms with Crippen molar-refractivity contribution in [3.63, 3.8) is 0 Å². The molecule has 8 heteroatoms. The van der Waals surface area contributed by atoms with Crippen molar-refractivity contribution in [2.24, 2.45) is 0 Å². The predicted molar refractivity (Wildman–Crippen MR) is 110 cm³/mol. The van der Waals surface area contributed by atoms with E-state index in [2.05, 4.69) is 15.0 Å². The van der Waals surface area contributed by atoms with Crippen LogP contribution in [0.2, 0.25) is 0 Å². The number of carbonyl (C=O) groups is 1. The summed E-state index contributed by atoms with van der Waals surface area (Å²) in [7, 11) is 0. The van der Waals surface area contributed by atoms with Crippen molar-refractivity contribution in [1.82, 2.24) is 29.5 Å². The zero-order chi connectivity index (χ0) is 21.0. The lowest BCUT2D eigenvalue weighted by atomic mass is 9.97. The molecule has 1 aliphatic rings. The van der Waals surface area contributed by atoms with Crippen molar-refractivity contribution in [3.8, 4) is 0 Å². The van der Waals surface area contributed by atoms with Crippen LogP contribution >= 0.6 is 0 Å². The molecule has 0 bridgehead atoms. The number of nitrogens with one attached hydrogen (secondary N) is 1. The van der Waals surface area contributed by atoms with Gasteiger partial charge >= 0.3 is 0 Å². The number of nitrogens with zero attached hydrogens (tertiary/aromatic N) is 5. The highest BCUT2D eigenvalue weighted by Crippen LogP contribution is 2.35. The summed E-state index contributed by atoms with van der Waals surface area (Å²) in [4.78, 5) is 27.3. The number of aromatic amines is 1. The van der Waals surface area contributed by atoms with Gasteiger partial charge in [0.2, 0.25) is 11.7 Å². The lowest BCUT2D eigenvalue weighted by Gasteiger charge is -2.33. The summed E-state index contributed by atoms with van der Waals surface area (Å²) in [5, 5.41) is 4.77. The molecule has 0 aromatic carbocycles. The fourth-order valence-corrected chi connectivity index (χ4v) is 3.97. The molecule has 1 atom stereocenters. The van der Waals surface area contributed by atoms with Gasteiger partial charge in [-0.3, -0.25) is 4.79 Å². The second-order valence-electron chi connectivity index (χ2n) is 8.79. The predicted octanol–water partition coefficient (Wildman–Crippen LogP) is 3.44. The molecule has 0 spiro atoms. The summed E-state index contributed by atoms with van der Waals surface area (Å²) < 4.78 is 7.69. The molecule has 0 saturated heterocycles. The minimum Gasteiger partial charge on any atom is -0.435 e. The van der Waals surface area contributed by atoms with Crippen LogP contribution in [0.1, 0.15) is 65.9 Å². The molecule has 4 aromatic rings. The van der Waals surface area contributed by atoms with Gasteiger partial charge in [0.05, 0.1) is 29.4 Å². The van der Waals surface area contributed by atoms with E-state index < -0.39 is 6.04 Å². The van der Waals surface area contributed by atoms with Crippen molar-refractivity contribution in [1.29, 1.82) is 0 Å². The van der Waals surface area contributed by atoms with Crippen LogP contribution in [0.4, 0.5) is 0 Å². The van der Waals surface area contributed by atoms with Crippen molar-refractivity contribution in [2.45, 2.75) is 45.6 Å². The third-order valence-corrected chi connectivity index (χ3v) is 5.56. The largest absolute Gasteiger partial charge is 0.435 e. The van der Waals surface area contributed by atoms with E-state index in [-0.39, 0.29) is 17.1 Å². The van der Waals surface area contributed by atoms with Gasteiger partial charge in [0, 0.05) is 30.3 Å². The summed E-state index contributed by atoms with van der Waals surface area (Å²) in [5.41, 5.74) is 4.50. The molecule has 1 aliphatic heterocycles. The van der Waals surface area contributed by atoms with Gasteiger partial charge in [-0.2, -0.15) is 5.10 Å². The van der Waals surface area contributed by atoms with Gasteiger partial charge in [-0.25, -0.2) is 14.5 Å². The Bertz CT molecular complexity index is 1240. The molecule has 0 aliphatic carbocycles. The number of oxazole rings is 1. The van der Waals surface area contributed by atoms with Crippen LogP contribution in [0, 0.1) is 6.92 Å². The molecule has 0 unspecified atom stereocenters. The number of pyridine rings is 1. The number of fused-ring (bicyclic) bond motifs is 2. The Hall–Kier alpha value is -3.42. The number of rotatable bonds is 2. The first-order valence-electron chi connectivity index (χ1n) is 10.1. The van der Waals surface area contributed by atoms with E-state index in [0.29, 0.717) is 18.9 Å². The normalized spacial score (nSPS) is 16.8. The highest BCUT2D eigenvalue weighted by Gasteiger charge is 2.37. The van der Waals surface area contributed by atoms with E-state index in [1.165, 1.54) is 6.20 Å². The molecule has 1 N–H and O–H groups in total. The van der Waals surface area contributed by atoms with E-state index in [1.54, 1.807) is 11.2 Å². The van der Waals surface area contributed by atoms with Gasteiger partial charge in [0.15, 0.2) is 0 Å². The maximum absolute atomic E-state index is 13.5. The second-order valence-corrected chi connectivity index (χ2v) is 8.79. The summed E-state index contributed by atoms with van der Waals surface area (Å²) in [5.74, 6) is 0.581. The number of H-pyrrole nitrogens is 1. The first kappa shape index (κ1) is 18.6. The lowest BCUT2D eigenvalue weighted by Crippen LogP contribution is -2.40. The highest BCUT2D eigenvalue weighted by atomic mass is 16.4. The fourth-order valence-electron chi connectivity index (χ4n) is 3.97. The van der Waals surface area contributed by atoms with E-state index in [9.17, 15) is 4.79 Å². The van der Waals surface area contributed by atoms with Crippen molar-refractivity contribution >= 4 is 11.4 Å². The van der Waals surface area contributed by atoms with E-state index in [4.69, 9.17) is 9.52 Å². The average molecular weight is 404 g/mol. The monoisotopic (exact) mass is 404 g/mol. The zero-order valence-electron chi connectivity index (χ0n) is 17.5. The topological polar surface area (TPSA) is 92.3 Å². The molecule has 4 aromatic heterocycles. The van der Waals surface area contributed by atoms with Gasteiger partial charge < -0.3 is 14.3 Å². The Kier molecular flexibility index (Phi) is 4.06. The van der Waals surface area contributed by atoms with Crippen molar-refractivity contribution in [2.75, 3.05) is 6.54 Å². The number of imidazole rings is 1. The van der Waals surface area contributed by atoms with Gasteiger partial charge in [-0.1, -0.05) is 26.8 Å². The molecule has 5 rings (SSSR count). The molecular weight excluding hydrogens is 380 g/mol. The minimum absolute atomic E-state index is 0.203. The molecule has 1 amide bonds. The molecule has 154 valence electrons. The minimum atomic E-state index is -0.394. The number of amides is 1. The van der Waals surface area contributed by atoms with Crippen LogP contribution in [-0.2, 0) is 11.8 Å². The second kappa shape index (κ2) is 6.55. The molecule has 0 radical (unpaired) electrons. The number of aryl methyl sites for hydroxylation is 1. The molecule has 0 saturated carbocycles. The lowest BCUT2D eigenvalue weighted by molar-refractivity contribution is 0.0650. The van der Waals surface area contributed by atoms with E-state index >= 15 is 0 Å². The third-order valence-electron chi connectivity index (χ3n) is 5.56. The quantitative estimate of drug-likeness (QED) is 0.552. The Morgan fingerprint density at radius 3 is 2.87 bits per heavy atom. The number of carbonyl (C=O) groups excluding carboxylic acids is 1. The van der Waals surface area contributed by atoms with Gasteiger partial charge in [0.1, 0.15) is 6.04 Å². The maximum Gasteiger partial charge on any atom is 0.292 e. The summed E-state index contributed by atoms with van der Waals surface area (Å²) in [6, 6.07) is 5.65. The molecule has 30 heavy (non-hydrogen) atoms. The van der Waals surface area contributed by atoms with Crippen LogP contribution in [0.3, 0.4) is 0 Å². The molecule has 0 fully saturated rings. The zero-order valence-corrected chi connectivity index (χ0v) is 17.5. The van der Waals surface area contributed by atoms with E-state index in [0.717, 1.165) is 28.2 Å².